The third-order valence-corrected chi connectivity index (χ3v) is 3.25. The standard InChI is InChI=1S/C13H16N2O3S/c1-13(2,3)15-12(17)18-8-4-5-10-9(6-8)14-11(7-16)19-10/h4-6,16H,7H2,1-3H3,(H,15,17). The van der Waals surface area contributed by atoms with Crippen molar-refractivity contribution < 1.29 is 14.6 Å². The molecule has 0 aliphatic carbocycles. The highest BCUT2D eigenvalue weighted by Crippen LogP contribution is 2.26. The van der Waals surface area contributed by atoms with E-state index in [9.17, 15) is 4.79 Å². The molecule has 0 fully saturated rings. The molecule has 0 unspecified atom stereocenters. The maximum atomic E-state index is 11.6. The molecule has 5 nitrogen and oxygen atoms in total. The number of aliphatic hydroxyl groups is 1. The monoisotopic (exact) mass is 280 g/mol. The zero-order chi connectivity index (χ0) is 14.0. The summed E-state index contributed by atoms with van der Waals surface area (Å²) in [5, 5.41) is 12.4. The van der Waals surface area contributed by atoms with E-state index in [1.165, 1.54) is 11.3 Å². The second-order valence-corrected chi connectivity index (χ2v) is 6.27. The highest BCUT2D eigenvalue weighted by Gasteiger charge is 2.15. The molecule has 1 heterocycles. The summed E-state index contributed by atoms with van der Waals surface area (Å²) in [5.74, 6) is 0.434. The molecule has 0 saturated carbocycles. The van der Waals surface area contributed by atoms with E-state index in [4.69, 9.17) is 9.84 Å². The van der Waals surface area contributed by atoms with Gasteiger partial charge in [-0.2, -0.15) is 0 Å². The highest BCUT2D eigenvalue weighted by molar-refractivity contribution is 7.18. The van der Waals surface area contributed by atoms with Crippen molar-refractivity contribution in [2.24, 2.45) is 0 Å². The Morgan fingerprint density at radius 3 is 2.84 bits per heavy atom. The largest absolute Gasteiger partial charge is 0.413 e. The lowest BCUT2D eigenvalue weighted by Gasteiger charge is -2.19. The van der Waals surface area contributed by atoms with E-state index in [2.05, 4.69) is 10.3 Å². The van der Waals surface area contributed by atoms with E-state index in [0.29, 0.717) is 10.8 Å². The molecule has 0 atom stereocenters. The molecule has 6 heteroatoms. The van der Waals surface area contributed by atoms with E-state index in [1.54, 1.807) is 12.1 Å². The molecule has 0 radical (unpaired) electrons. The van der Waals surface area contributed by atoms with Crippen LogP contribution in [0.4, 0.5) is 4.79 Å². The molecule has 0 aliphatic rings. The van der Waals surface area contributed by atoms with Crippen LogP contribution in [0.15, 0.2) is 18.2 Å². The SMILES string of the molecule is CC(C)(C)NC(=O)Oc1ccc2sc(CO)nc2c1. The molecule has 0 spiro atoms. The van der Waals surface area contributed by atoms with Crippen LogP contribution in [0.5, 0.6) is 5.75 Å². The topological polar surface area (TPSA) is 71.5 Å². The number of ether oxygens (including phenoxy) is 1. The Balaban J connectivity index is 2.15. The number of nitrogens with zero attached hydrogens (tertiary/aromatic N) is 1. The third kappa shape index (κ3) is 3.65. The zero-order valence-corrected chi connectivity index (χ0v) is 11.9. The minimum atomic E-state index is -0.496. The van der Waals surface area contributed by atoms with Gasteiger partial charge in [0, 0.05) is 11.6 Å². The van der Waals surface area contributed by atoms with Gasteiger partial charge in [0.2, 0.25) is 0 Å². The second kappa shape index (κ2) is 5.14. The Morgan fingerprint density at radius 2 is 2.21 bits per heavy atom. The van der Waals surface area contributed by atoms with Crippen LogP contribution >= 0.6 is 11.3 Å². The first-order valence-corrected chi connectivity index (χ1v) is 6.69. The van der Waals surface area contributed by atoms with Crippen molar-refractivity contribution in [1.82, 2.24) is 10.3 Å². The Kier molecular flexibility index (Phi) is 3.73. The van der Waals surface area contributed by atoms with E-state index >= 15 is 0 Å². The van der Waals surface area contributed by atoms with Crippen LogP contribution < -0.4 is 10.1 Å². The van der Waals surface area contributed by atoms with Crippen LogP contribution in [-0.2, 0) is 6.61 Å². The van der Waals surface area contributed by atoms with Crippen LogP contribution in [-0.4, -0.2) is 21.7 Å². The summed E-state index contributed by atoms with van der Waals surface area (Å²) >= 11 is 1.42. The summed E-state index contributed by atoms with van der Waals surface area (Å²) in [5.41, 5.74) is 0.376. The average molecular weight is 280 g/mol. The first-order chi connectivity index (χ1) is 8.87. The number of hydrogen-bond acceptors (Lipinski definition) is 5. The van der Waals surface area contributed by atoms with Gasteiger partial charge in [0.1, 0.15) is 10.8 Å². The number of rotatable bonds is 2. The number of amides is 1. The van der Waals surface area contributed by atoms with Crippen molar-refractivity contribution in [3.05, 3.63) is 23.2 Å². The van der Waals surface area contributed by atoms with E-state index in [0.717, 1.165) is 10.2 Å². The fourth-order valence-electron chi connectivity index (χ4n) is 1.52. The van der Waals surface area contributed by atoms with Gasteiger partial charge < -0.3 is 15.2 Å². The predicted molar refractivity (Wildman–Crippen MR) is 74.5 cm³/mol. The van der Waals surface area contributed by atoms with Crippen LogP contribution in [0.3, 0.4) is 0 Å². The lowest BCUT2D eigenvalue weighted by Crippen LogP contribution is -2.42. The molecule has 0 aliphatic heterocycles. The first-order valence-electron chi connectivity index (χ1n) is 5.88. The molecular formula is C13H16N2O3S. The molecule has 2 rings (SSSR count). The van der Waals surface area contributed by atoms with Crippen LogP contribution in [0, 0.1) is 0 Å². The van der Waals surface area contributed by atoms with Crippen molar-refractivity contribution in [3.63, 3.8) is 0 Å². The quantitative estimate of drug-likeness (QED) is 0.887. The van der Waals surface area contributed by atoms with Crippen molar-refractivity contribution in [3.8, 4) is 5.75 Å². The second-order valence-electron chi connectivity index (χ2n) is 5.16. The number of carbonyl (C=O) groups is 1. The minimum Gasteiger partial charge on any atom is -0.410 e. The zero-order valence-electron chi connectivity index (χ0n) is 11.1. The van der Waals surface area contributed by atoms with Gasteiger partial charge in [-0.1, -0.05) is 0 Å². The van der Waals surface area contributed by atoms with Crippen LogP contribution in [0.1, 0.15) is 25.8 Å². The van der Waals surface area contributed by atoms with Crippen molar-refractivity contribution in [2.45, 2.75) is 32.9 Å². The van der Waals surface area contributed by atoms with Gasteiger partial charge in [0.15, 0.2) is 0 Å². The Hall–Kier alpha value is -1.66. The molecule has 102 valence electrons. The summed E-state index contributed by atoms with van der Waals surface area (Å²) in [7, 11) is 0. The van der Waals surface area contributed by atoms with Gasteiger partial charge in [-0.3, -0.25) is 0 Å². The number of thiazole rings is 1. The lowest BCUT2D eigenvalue weighted by molar-refractivity contribution is 0.190. The normalized spacial score (nSPS) is 11.6. The number of aliphatic hydroxyl groups excluding tert-OH is 1. The van der Waals surface area contributed by atoms with Gasteiger partial charge in [0.25, 0.3) is 0 Å². The Morgan fingerprint density at radius 1 is 1.47 bits per heavy atom. The molecule has 0 bridgehead atoms. The summed E-state index contributed by atoms with van der Waals surface area (Å²) in [6.07, 6.45) is -0.496. The number of aromatic nitrogens is 1. The van der Waals surface area contributed by atoms with Crippen molar-refractivity contribution in [2.75, 3.05) is 0 Å². The van der Waals surface area contributed by atoms with E-state index < -0.39 is 6.09 Å². The number of hydrogen-bond donors (Lipinski definition) is 2. The number of nitrogens with one attached hydrogen (secondary N) is 1. The minimum absolute atomic E-state index is 0.0833. The van der Waals surface area contributed by atoms with Gasteiger partial charge >= 0.3 is 6.09 Å². The smallest absolute Gasteiger partial charge is 0.410 e. The molecule has 19 heavy (non-hydrogen) atoms. The van der Waals surface area contributed by atoms with E-state index in [1.807, 2.05) is 26.8 Å². The van der Waals surface area contributed by atoms with Crippen molar-refractivity contribution >= 4 is 27.6 Å². The summed E-state index contributed by atoms with van der Waals surface area (Å²) < 4.78 is 6.14. The third-order valence-electron chi connectivity index (χ3n) is 2.23. The maximum absolute atomic E-state index is 11.6. The lowest BCUT2D eigenvalue weighted by atomic mass is 10.1. The fraction of sp³-hybridized carbons (Fsp3) is 0.385. The van der Waals surface area contributed by atoms with Gasteiger partial charge in [-0.05, 0) is 32.9 Å². The summed E-state index contributed by atoms with van der Waals surface area (Å²) in [6, 6.07) is 5.23. The molecule has 1 aromatic heterocycles. The average Bonchev–Trinajstić information content (AvgIpc) is 2.68. The molecule has 2 aromatic rings. The van der Waals surface area contributed by atoms with Gasteiger partial charge in [0.05, 0.1) is 16.8 Å². The maximum Gasteiger partial charge on any atom is 0.413 e. The highest BCUT2D eigenvalue weighted by atomic mass is 32.1. The number of fused-ring (bicyclic) bond motifs is 1. The van der Waals surface area contributed by atoms with Gasteiger partial charge in [-0.15, -0.1) is 11.3 Å². The fourth-order valence-corrected chi connectivity index (χ4v) is 2.33. The Labute approximate surface area is 115 Å². The molecule has 2 N–H and O–H groups in total. The van der Waals surface area contributed by atoms with E-state index in [-0.39, 0.29) is 12.1 Å². The van der Waals surface area contributed by atoms with Crippen molar-refractivity contribution in [1.29, 1.82) is 0 Å². The molecule has 1 amide bonds. The molecule has 1 aromatic carbocycles. The Bertz CT molecular complexity index is 601. The first kappa shape index (κ1) is 13.8. The number of carbonyl (C=O) groups excluding carboxylic acids is 1. The van der Waals surface area contributed by atoms with Gasteiger partial charge in [-0.25, -0.2) is 9.78 Å². The summed E-state index contributed by atoms with van der Waals surface area (Å²) in [4.78, 5) is 15.9. The predicted octanol–water partition coefficient (Wildman–Crippen LogP) is 2.68. The molecule has 0 saturated heterocycles. The molecular weight excluding hydrogens is 264 g/mol. The summed E-state index contributed by atoms with van der Waals surface area (Å²) in [6.45, 7) is 5.56. The van der Waals surface area contributed by atoms with Crippen LogP contribution in [0.25, 0.3) is 10.2 Å². The van der Waals surface area contributed by atoms with Crippen LogP contribution in [0.2, 0.25) is 0 Å². The number of benzene rings is 1.